The van der Waals surface area contributed by atoms with Gasteiger partial charge in [-0.15, -0.1) is 0 Å². The van der Waals surface area contributed by atoms with Gasteiger partial charge in [-0.1, -0.05) is 6.07 Å². The Morgan fingerprint density at radius 2 is 2.00 bits per heavy atom. The van der Waals surface area contributed by atoms with Crippen LogP contribution in [0.5, 0.6) is 5.88 Å². The normalized spacial score (nSPS) is 15.3. The highest BCUT2D eigenvalue weighted by Crippen LogP contribution is 2.30. The maximum Gasteiger partial charge on any atom is 0.264 e. The maximum atomic E-state index is 13.0. The number of H-pyrrole nitrogens is 1. The van der Waals surface area contributed by atoms with Crippen LogP contribution in [0.15, 0.2) is 47.8 Å². The Morgan fingerprint density at radius 1 is 1.16 bits per heavy atom. The lowest BCUT2D eigenvalue weighted by molar-refractivity contribution is 0.0513. The van der Waals surface area contributed by atoms with Crippen molar-refractivity contribution in [1.29, 1.82) is 0 Å². The zero-order valence-corrected chi connectivity index (χ0v) is 16.9. The first-order valence-electron chi connectivity index (χ1n) is 9.90. The van der Waals surface area contributed by atoms with Gasteiger partial charge in [0.15, 0.2) is 0 Å². The van der Waals surface area contributed by atoms with Crippen molar-refractivity contribution in [3.05, 3.63) is 64.5 Å². The molecule has 160 valence electrons. The number of hydrogen-bond donors (Lipinski definition) is 2. The molecule has 1 aliphatic heterocycles. The van der Waals surface area contributed by atoms with Crippen molar-refractivity contribution in [2.45, 2.75) is 18.9 Å². The summed E-state index contributed by atoms with van der Waals surface area (Å²) in [5, 5.41) is 10.5. The molecule has 1 saturated heterocycles. The van der Waals surface area contributed by atoms with E-state index in [0.717, 1.165) is 18.4 Å². The van der Waals surface area contributed by atoms with E-state index in [1.54, 1.807) is 25.4 Å². The summed E-state index contributed by atoms with van der Waals surface area (Å²) in [6, 6.07) is 4.97. The molecule has 0 aromatic carbocycles. The third-order valence-electron chi connectivity index (χ3n) is 5.25. The van der Waals surface area contributed by atoms with E-state index < -0.39 is 11.5 Å². The fourth-order valence-corrected chi connectivity index (χ4v) is 3.57. The molecule has 4 rings (SSSR count). The van der Waals surface area contributed by atoms with E-state index in [2.05, 4.69) is 30.5 Å². The first-order valence-corrected chi connectivity index (χ1v) is 9.90. The number of aromatic nitrogens is 5. The molecule has 3 aromatic rings. The average Bonchev–Trinajstić information content (AvgIpc) is 2.83. The first kappa shape index (κ1) is 20.6. The van der Waals surface area contributed by atoms with E-state index >= 15 is 0 Å². The fraction of sp³-hybridized carbons (Fsp3) is 0.333. The topological polar surface area (TPSA) is 132 Å². The number of ether oxygens (including phenoxy) is 2. The minimum Gasteiger partial charge on any atom is -0.481 e. The monoisotopic (exact) mass is 422 g/mol. The Morgan fingerprint density at radius 3 is 2.65 bits per heavy atom. The first-order chi connectivity index (χ1) is 15.2. The van der Waals surface area contributed by atoms with Crippen molar-refractivity contribution in [3.8, 4) is 17.3 Å². The third-order valence-corrected chi connectivity index (χ3v) is 5.25. The molecule has 0 aliphatic carbocycles. The van der Waals surface area contributed by atoms with Crippen LogP contribution >= 0.6 is 0 Å². The van der Waals surface area contributed by atoms with E-state index in [4.69, 9.17) is 9.47 Å². The molecule has 1 unspecified atom stereocenters. The maximum absolute atomic E-state index is 13.0. The quantitative estimate of drug-likeness (QED) is 0.611. The number of pyridine rings is 1. The number of nitrogens with zero attached hydrogens (tertiary/aromatic N) is 4. The van der Waals surface area contributed by atoms with Crippen molar-refractivity contribution in [3.63, 3.8) is 0 Å². The molecule has 2 N–H and O–H groups in total. The fourth-order valence-electron chi connectivity index (χ4n) is 3.57. The Bertz CT molecular complexity index is 1080. The van der Waals surface area contributed by atoms with Gasteiger partial charge in [0, 0.05) is 37.2 Å². The van der Waals surface area contributed by atoms with E-state index in [1.165, 1.54) is 18.6 Å². The van der Waals surface area contributed by atoms with E-state index in [0.29, 0.717) is 30.5 Å². The number of carbonyl (C=O) groups is 1. The molecule has 1 fully saturated rings. The minimum absolute atomic E-state index is 0.0655. The number of rotatable bonds is 6. The highest BCUT2D eigenvalue weighted by molar-refractivity contribution is 5.94. The summed E-state index contributed by atoms with van der Waals surface area (Å²) in [5.74, 6) is 0.460. The minimum atomic E-state index is -0.530. The average molecular weight is 422 g/mol. The number of hydrogen-bond acceptors (Lipinski definition) is 8. The van der Waals surface area contributed by atoms with E-state index in [-0.39, 0.29) is 17.5 Å². The van der Waals surface area contributed by atoms with Crippen LogP contribution in [0.4, 0.5) is 0 Å². The second-order valence-electron chi connectivity index (χ2n) is 7.14. The summed E-state index contributed by atoms with van der Waals surface area (Å²) in [6.07, 6.45) is 7.52. The predicted molar refractivity (Wildman–Crippen MR) is 110 cm³/mol. The largest absolute Gasteiger partial charge is 0.481 e. The summed E-state index contributed by atoms with van der Waals surface area (Å²) in [4.78, 5) is 36.7. The summed E-state index contributed by atoms with van der Waals surface area (Å²) in [7, 11) is 1.55. The number of amides is 1. The molecular formula is C21H22N6O4. The van der Waals surface area contributed by atoms with E-state index in [1.807, 2.05) is 6.07 Å². The van der Waals surface area contributed by atoms with Crippen LogP contribution in [0.2, 0.25) is 0 Å². The van der Waals surface area contributed by atoms with Gasteiger partial charge in [-0.2, -0.15) is 10.2 Å². The molecule has 0 bridgehead atoms. The van der Waals surface area contributed by atoms with Crippen molar-refractivity contribution in [1.82, 2.24) is 30.5 Å². The van der Waals surface area contributed by atoms with Gasteiger partial charge < -0.3 is 19.8 Å². The van der Waals surface area contributed by atoms with Crippen LogP contribution in [-0.4, -0.2) is 51.4 Å². The zero-order chi connectivity index (χ0) is 21.6. The van der Waals surface area contributed by atoms with Crippen LogP contribution < -0.4 is 15.6 Å². The van der Waals surface area contributed by atoms with Gasteiger partial charge in [-0.05, 0) is 30.4 Å². The van der Waals surface area contributed by atoms with Crippen LogP contribution in [0.1, 0.15) is 34.8 Å². The molecule has 1 aliphatic rings. The van der Waals surface area contributed by atoms with Crippen LogP contribution in [0.25, 0.3) is 11.4 Å². The summed E-state index contributed by atoms with van der Waals surface area (Å²) >= 11 is 0. The van der Waals surface area contributed by atoms with Gasteiger partial charge in [0.1, 0.15) is 11.4 Å². The van der Waals surface area contributed by atoms with Gasteiger partial charge in [-0.25, -0.2) is 9.97 Å². The van der Waals surface area contributed by atoms with Crippen molar-refractivity contribution >= 4 is 5.91 Å². The smallest absolute Gasteiger partial charge is 0.264 e. The van der Waals surface area contributed by atoms with Gasteiger partial charge in [-0.3, -0.25) is 9.59 Å². The lowest BCUT2D eigenvalue weighted by Gasteiger charge is -2.31. The van der Waals surface area contributed by atoms with Crippen molar-refractivity contribution in [2.75, 3.05) is 20.3 Å². The van der Waals surface area contributed by atoms with Gasteiger partial charge in [0.25, 0.3) is 11.5 Å². The number of nitrogens with one attached hydrogen (secondary N) is 2. The van der Waals surface area contributed by atoms with Crippen molar-refractivity contribution < 1.29 is 14.3 Å². The number of carbonyl (C=O) groups excluding carboxylic acids is 1. The summed E-state index contributed by atoms with van der Waals surface area (Å²) in [5.41, 5.74) is 0.843. The predicted octanol–water partition coefficient (Wildman–Crippen LogP) is 1.53. The van der Waals surface area contributed by atoms with Crippen LogP contribution in [0, 0.1) is 5.92 Å². The molecule has 4 heterocycles. The molecule has 10 nitrogen and oxygen atoms in total. The summed E-state index contributed by atoms with van der Waals surface area (Å²) < 4.78 is 10.6. The van der Waals surface area contributed by atoms with Gasteiger partial charge >= 0.3 is 0 Å². The second-order valence-corrected chi connectivity index (χ2v) is 7.14. The highest BCUT2D eigenvalue weighted by atomic mass is 16.5. The van der Waals surface area contributed by atoms with Crippen LogP contribution in [-0.2, 0) is 4.74 Å². The molecule has 3 aromatic heterocycles. The number of methoxy groups -OCH3 is 1. The lowest BCUT2D eigenvalue weighted by atomic mass is 9.87. The standard InChI is InChI=1S/C21H22N6O4/c1-30-17-3-2-14(10-22-17)18(13-5-8-31-9-6-13)26-20(28)16-12-23-19(27-21(16)29)15-4-7-24-25-11-15/h2-4,7,10-13,18H,5-6,8-9H2,1H3,(H,26,28)(H,23,27,29). The molecular weight excluding hydrogens is 400 g/mol. The number of aromatic amines is 1. The van der Waals surface area contributed by atoms with Gasteiger partial charge in [0.05, 0.1) is 25.5 Å². The van der Waals surface area contributed by atoms with Crippen molar-refractivity contribution in [2.24, 2.45) is 5.92 Å². The molecule has 10 heteroatoms. The molecule has 31 heavy (non-hydrogen) atoms. The SMILES string of the molecule is COc1ccc(C(NC(=O)c2cnc(-c3ccnnc3)[nH]c2=O)C2CCOCC2)cn1. The molecule has 0 saturated carbocycles. The molecule has 0 spiro atoms. The second kappa shape index (κ2) is 9.43. The Labute approximate surface area is 178 Å². The Balaban J connectivity index is 1.58. The van der Waals surface area contributed by atoms with Gasteiger partial charge in [0.2, 0.25) is 5.88 Å². The molecule has 1 atom stereocenters. The Hall–Kier alpha value is -3.66. The molecule has 1 amide bonds. The summed E-state index contributed by atoms with van der Waals surface area (Å²) in [6.45, 7) is 1.24. The zero-order valence-electron chi connectivity index (χ0n) is 16.9. The van der Waals surface area contributed by atoms with E-state index in [9.17, 15) is 9.59 Å². The Kier molecular flexibility index (Phi) is 6.27. The van der Waals surface area contributed by atoms with Crippen LogP contribution in [0.3, 0.4) is 0 Å². The third kappa shape index (κ3) is 4.75. The molecule has 0 radical (unpaired) electrons. The highest BCUT2D eigenvalue weighted by Gasteiger charge is 2.28. The lowest BCUT2D eigenvalue weighted by Crippen LogP contribution is -2.38.